The van der Waals surface area contributed by atoms with Crippen molar-refractivity contribution in [2.75, 3.05) is 37.0 Å². The van der Waals surface area contributed by atoms with E-state index in [4.69, 9.17) is 5.11 Å². The van der Waals surface area contributed by atoms with E-state index in [2.05, 4.69) is 6.58 Å². The van der Waals surface area contributed by atoms with Crippen LogP contribution in [0.2, 0.25) is 0 Å². The number of rotatable bonds is 7. The van der Waals surface area contributed by atoms with E-state index >= 15 is 0 Å². The van der Waals surface area contributed by atoms with Crippen molar-refractivity contribution in [3.63, 3.8) is 0 Å². The summed E-state index contributed by atoms with van der Waals surface area (Å²) < 4.78 is 0. The van der Waals surface area contributed by atoms with Crippen LogP contribution in [0.3, 0.4) is 0 Å². The second kappa shape index (κ2) is 6.83. The van der Waals surface area contributed by atoms with Gasteiger partial charge >= 0.3 is 5.97 Å². The van der Waals surface area contributed by atoms with Crippen LogP contribution in [-0.4, -0.2) is 38.3 Å². The van der Waals surface area contributed by atoms with Crippen LogP contribution in [-0.2, 0) is 4.79 Å². The number of nitrogens with zero attached hydrogens (tertiary/aromatic N) is 2. The monoisotopic (exact) mass is 262 g/mol. The van der Waals surface area contributed by atoms with E-state index in [1.165, 1.54) is 0 Å². The maximum absolute atomic E-state index is 10.7. The molecule has 0 heterocycles. The average Bonchev–Trinajstić information content (AvgIpc) is 2.34. The lowest BCUT2D eigenvalue weighted by Crippen LogP contribution is -2.27. The van der Waals surface area contributed by atoms with Crippen LogP contribution in [0, 0.1) is 0 Å². The van der Waals surface area contributed by atoms with E-state index in [1.54, 1.807) is 0 Å². The zero-order valence-electron chi connectivity index (χ0n) is 11.9. The molecule has 0 fully saturated rings. The van der Waals surface area contributed by atoms with E-state index < -0.39 is 5.97 Å². The highest BCUT2D eigenvalue weighted by Gasteiger charge is 2.09. The predicted molar refractivity (Wildman–Crippen MR) is 80.0 cm³/mol. The smallest absolute Gasteiger partial charge is 0.305 e. The van der Waals surface area contributed by atoms with Crippen LogP contribution in [0.25, 0.3) is 0 Å². The van der Waals surface area contributed by atoms with Crippen molar-refractivity contribution in [2.45, 2.75) is 13.3 Å². The number of aliphatic carboxylic acids is 1. The quantitative estimate of drug-likeness (QED) is 0.767. The van der Waals surface area contributed by atoms with Crippen LogP contribution in [0.1, 0.15) is 13.3 Å². The van der Waals surface area contributed by atoms with Crippen LogP contribution in [0.4, 0.5) is 11.4 Å². The maximum Gasteiger partial charge on any atom is 0.305 e. The Morgan fingerprint density at radius 3 is 2.16 bits per heavy atom. The van der Waals surface area contributed by atoms with Gasteiger partial charge in [0.1, 0.15) is 0 Å². The van der Waals surface area contributed by atoms with Gasteiger partial charge < -0.3 is 14.9 Å². The molecule has 0 bridgehead atoms. The molecule has 0 saturated heterocycles. The molecule has 1 aromatic rings. The fourth-order valence-electron chi connectivity index (χ4n) is 1.82. The first-order valence-corrected chi connectivity index (χ1v) is 6.28. The second-order valence-electron chi connectivity index (χ2n) is 4.93. The minimum atomic E-state index is -0.781. The first-order chi connectivity index (χ1) is 8.90. The first-order valence-electron chi connectivity index (χ1n) is 6.28. The Kier molecular flexibility index (Phi) is 5.42. The highest BCUT2D eigenvalue weighted by molar-refractivity contribution is 5.68. The number of carboxylic acid groups (broad SMARTS) is 1. The van der Waals surface area contributed by atoms with E-state index in [-0.39, 0.29) is 6.42 Å². The maximum atomic E-state index is 10.7. The number of anilines is 2. The Hall–Kier alpha value is -1.97. The molecule has 4 nitrogen and oxygen atoms in total. The molecule has 1 rings (SSSR count). The molecule has 0 saturated carbocycles. The minimum Gasteiger partial charge on any atom is -0.481 e. The Morgan fingerprint density at radius 1 is 1.21 bits per heavy atom. The van der Waals surface area contributed by atoms with Gasteiger partial charge in [-0.25, -0.2) is 0 Å². The highest BCUT2D eigenvalue weighted by Crippen LogP contribution is 2.20. The molecule has 0 atom stereocenters. The molecule has 0 aromatic heterocycles. The standard InChI is InChI=1S/C15H22N2O2/c1-12(2)11-17(10-9-15(18)19)14-7-5-13(6-8-14)16(3)4/h5-8H,1,9-11H2,2-4H3,(H,18,19). The van der Waals surface area contributed by atoms with E-state index in [0.29, 0.717) is 13.1 Å². The molecule has 0 aliphatic carbocycles. The van der Waals surface area contributed by atoms with Crippen molar-refractivity contribution in [2.24, 2.45) is 0 Å². The van der Waals surface area contributed by atoms with Gasteiger partial charge in [-0.2, -0.15) is 0 Å². The zero-order chi connectivity index (χ0) is 14.4. The summed E-state index contributed by atoms with van der Waals surface area (Å²) >= 11 is 0. The summed E-state index contributed by atoms with van der Waals surface area (Å²) in [5.74, 6) is -0.781. The summed E-state index contributed by atoms with van der Waals surface area (Å²) in [7, 11) is 3.98. The molecule has 4 heteroatoms. The lowest BCUT2D eigenvalue weighted by Gasteiger charge is -2.25. The van der Waals surface area contributed by atoms with Crippen molar-refractivity contribution in [3.05, 3.63) is 36.4 Å². The molecule has 0 unspecified atom stereocenters. The Morgan fingerprint density at radius 2 is 1.74 bits per heavy atom. The van der Waals surface area contributed by atoms with Crippen LogP contribution < -0.4 is 9.80 Å². The molecule has 0 radical (unpaired) electrons. The normalized spacial score (nSPS) is 10.1. The highest BCUT2D eigenvalue weighted by atomic mass is 16.4. The van der Waals surface area contributed by atoms with E-state index in [9.17, 15) is 4.79 Å². The number of benzene rings is 1. The largest absolute Gasteiger partial charge is 0.481 e. The van der Waals surface area contributed by atoms with Crippen LogP contribution >= 0.6 is 0 Å². The van der Waals surface area contributed by atoms with Gasteiger partial charge in [-0.1, -0.05) is 12.2 Å². The molecule has 19 heavy (non-hydrogen) atoms. The predicted octanol–water partition coefficient (Wildman–Crippen LogP) is 2.61. The van der Waals surface area contributed by atoms with Gasteiger partial charge in [0.05, 0.1) is 6.42 Å². The van der Waals surface area contributed by atoms with Crippen molar-refractivity contribution < 1.29 is 9.90 Å². The lowest BCUT2D eigenvalue weighted by atomic mass is 10.2. The molecular weight excluding hydrogens is 240 g/mol. The average molecular weight is 262 g/mol. The van der Waals surface area contributed by atoms with Gasteiger partial charge in [-0.15, -0.1) is 0 Å². The lowest BCUT2D eigenvalue weighted by molar-refractivity contribution is -0.136. The van der Waals surface area contributed by atoms with Gasteiger partial charge in [0.25, 0.3) is 0 Å². The van der Waals surface area contributed by atoms with Gasteiger partial charge in [0.2, 0.25) is 0 Å². The van der Waals surface area contributed by atoms with Gasteiger partial charge in [-0.05, 0) is 31.2 Å². The summed E-state index contributed by atoms with van der Waals surface area (Å²) in [5.41, 5.74) is 3.16. The number of carbonyl (C=O) groups is 1. The topological polar surface area (TPSA) is 43.8 Å². The Balaban J connectivity index is 2.83. The SMILES string of the molecule is C=C(C)CN(CCC(=O)O)c1ccc(N(C)C)cc1. The molecule has 0 aliphatic rings. The summed E-state index contributed by atoms with van der Waals surface area (Å²) in [6.07, 6.45) is 0.128. The third-order valence-corrected chi connectivity index (χ3v) is 2.79. The van der Waals surface area contributed by atoms with Gasteiger partial charge in [0, 0.05) is 38.6 Å². The summed E-state index contributed by atoms with van der Waals surface area (Å²) in [5, 5.41) is 8.80. The number of hydrogen-bond donors (Lipinski definition) is 1. The third kappa shape index (κ3) is 5.04. The minimum absolute atomic E-state index is 0.128. The second-order valence-corrected chi connectivity index (χ2v) is 4.93. The van der Waals surface area contributed by atoms with Gasteiger partial charge in [0.15, 0.2) is 0 Å². The molecular formula is C15H22N2O2. The van der Waals surface area contributed by atoms with Crippen molar-refractivity contribution in [1.82, 2.24) is 0 Å². The fourth-order valence-corrected chi connectivity index (χ4v) is 1.82. The molecule has 1 aromatic carbocycles. The number of hydrogen-bond acceptors (Lipinski definition) is 3. The fraction of sp³-hybridized carbons (Fsp3) is 0.400. The molecule has 1 N–H and O–H groups in total. The van der Waals surface area contributed by atoms with Gasteiger partial charge in [-0.3, -0.25) is 4.79 Å². The summed E-state index contributed by atoms with van der Waals surface area (Å²) in [6.45, 7) is 7.01. The first kappa shape index (κ1) is 15.1. The molecule has 0 amide bonds. The van der Waals surface area contributed by atoms with Crippen molar-refractivity contribution >= 4 is 17.3 Å². The number of carboxylic acids is 1. The van der Waals surface area contributed by atoms with E-state index in [1.807, 2.05) is 55.1 Å². The van der Waals surface area contributed by atoms with Crippen molar-refractivity contribution in [1.29, 1.82) is 0 Å². The zero-order valence-corrected chi connectivity index (χ0v) is 11.9. The van der Waals surface area contributed by atoms with E-state index in [0.717, 1.165) is 16.9 Å². The molecule has 0 aliphatic heterocycles. The van der Waals surface area contributed by atoms with Crippen LogP contribution in [0.15, 0.2) is 36.4 Å². The molecule has 0 spiro atoms. The summed E-state index contributed by atoms with van der Waals surface area (Å²) in [4.78, 5) is 14.8. The third-order valence-electron chi connectivity index (χ3n) is 2.79. The van der Waals surface area contributed by atoms with Crippen LogP contribution in [0.5, 0.6) is 0 Å². The Labute approximate surface area is 115 Å². The molecule has 104 valence electrons. The summed E-state index contributed by atoms with van der Waals surface area (Å²) in [6, 6.07) is 8.09. The van der Waals surface area contributed by atoms with Crippen molar-refractivity contribution in [3.8, 4) is 0 Å². The Bertz CT molecular complexity index is 438.